The molecule has 1 aromatic carbocycles. The molecular weight excluding hydrogens is 266 g/mol. The summed E-state index contributed by atoms with van der Waals surface area (Å²) in [7, 11) is 0. The Morgan fingerprint density at radius 3 is 2.71 bits per heavy atom. The number of carbonyl (C=O) groups is 1. The van der Waals surface area contributed by atoms with E-state index in [2.05, 4.69) is 10.3 Å². The van der Waals surface area contributed by atoms with Crippen molar-refractivity contribution in [1.82, 2.24) is 10.3 Å². The van der Waals surface area contributed by atoms with Crippen molar-refractivity contribution in [2.75, 3.05) is 0 Å². The van der Waals surface area contributed by atoms with Gasteiger partial charge in [0.15, 0.2) is 0 Å². The topological polar surface area (TPSA) is 88.2 Å². The normalized spacial score (nSPS) is 11.9. The maximum atomic E-state index is 12.0. The number of rotatable bonds is 5. The maximum Gasteiger partial charge on any atom is 0.237 e. The van der Waals surface area contributed by atoms with Gasteiger partial charge in [-0.15, -0.1) is 0 Å². The van der Waals surface area contributed by atoms with Gasteiger partial charge in [0.2, 0.25) is 5.91 Å². The van der Waals surface area contributed by atoms with Crippen LogP contribution in [0.1, 0.15) is 16.7 Å². The summed E-state index contributed by atoms with van der Waals surface area (Å²) in [5, 5.41) is 12.1. The number of aromatic nitrogens is 1. The van der Waals surface area contributed by atoms with Crippen molar-refractivity contribution in [2.24, 2.45) is 5.73 Å². The fourth-order valence-electron chi connectivity index (χ4n) is 1.99. The number of nitrogens with one attached hydrogen (secondary N) is 1. The van der Waals surface area contributed by atoms with E-state index in [1.807, 2.05) is 13.0 Å². The minimum Gasteiger partial charge on any atom is -0.508 e. The average Bonchev–Trinajstić information content (AvgIpc) is 2.48. The van der Waals surface area contributed by atoms with Crippen molar-refractivity contribution in [2.45, 2.75) is 25.9 Å². The lowest BCUT2D eigenvalue weighted by Crippen LogP contribution is -2.41. The summed E-state index contributed by atoms with van der Waals surface area (Å²) in [6.07, 6.45) is 3.89. The van der Waals surface area contributed by atoms with E-state index in [1.54, 1.807) is 36.7 Å². The van der Waals surface area contributed by atoms with Gasteiger partial charge in [0.05, 0.1) is 6.04 Å². The van der Waals surface area contributed by atoms with E-state index >= 15 is 0 Å². The molecule has 2 rings (SSSR count). The van der Waals surface area contributed by atoms with Crippen LogP contribution in [0.4, 0.5) is 0 Å². The van der Waals surface area contributed by atoms with Gasteiger partial charge in [0, 0.05) is 18.9 Å². The molecule has 0 spiro atoms. The van der Waals surface area contributed by atoms with Gasteiger partial charge in [0.25, 0.3) is 0 Å². The first-order chi connectivity index (χ1) is 10.1. The molecule has 2 aromatic rings. The minimum atomic E-state index is -0.614. The number of aromatic hydroxyl groups is 1. The summed E-state index contributed by atoms with van der Waals surface area (Å²) in [5.74, 6) is 0.00391. The van der Waals surface area contributed by atoms with Crippen LogP contribution in [-0.2, 0) is 17.8 Å². The van der Waals surface area contributed by atoms with E-state index in [4.69, 9.17) is 5.73 Å². The predicted octanol–water partition coefficient (Wildman–Crippen LogP) is 1.28. The number of hydrogen-bond acceptors (Lipinski definition) is 4. The third-order valence-corrected chi connectivity index (χ3v) is 3.32. The largest absolute Gasteiger partial charge is 0.508 e. The summed E-state index contributed by atoms with van der Waals surface area (Å²) >= 11 is 0. The molecule has 1 aromatic heterocycles. The second-order valence-electron chi connectivity index (χ2n) is 5.00. The standard InChI is InChI=1S/C16H19N3O2/c1-11-9-18-7-6-13(11)10-19-16(21)15(17)8-12-2-4-14(20)5-3-12/h2-7,9,15,20H,8,10,17H2,1H3,(H,19,21)/t15-/m1/s1. The van der Waals surface area contributed by atoms with Crippen molar-refractivity contribution < 1.29 is 9.90 Å². The van der Waals surface area contributed by atoms with Gasteiger partial charge in [-0.3, -0.25) is 9.78 Å². The summed E-state index contributed by atoms with van der Waals surface area (Å²) in [6.45, 7) is 2.39. The Hall–Kier alpha value is -2.40. The van der Waals surface area contributed by atoms with E-state index in [-0.39, 0.29) is 11.7 Å². The number of nitrogens with zero attached hydrogens (tertiary/aromatic N) is 1. The molecule has 0 saturated heterocycles. The third-order valence-electron chi connectivity index (χ3n) is 3.32. The van der Waals surface area contributed by atoms with Crippen LogP contribution in [0.5, 0.6) is 5.75 Å². The Morgan fingerprint density at radius 2 is 2.05 bits per heavy atom. The van der Waals surface area contributed by atoms with Crippen LogP contribution in [0.2, 0.25) is 0 Å². The van der Waals surface area contributed by atoms with Gasteiger partial charge in [-0.1, -0.05) is 12.1 Å². The molecule has 1 amide bonds. The summed E-state index contributed by atoms with van der Waals surface area (Å²) in [6, 6.07) is 7.95. The molecule has 0 fully saturated rings. The average molecular weight is 285 g/mol. The van der Waals surface area contributed by atoms with E-state index in [1.165, 1.54) is 0 Å². The molecule has 0 unspecified atom stereocenters. The van der Waals surface area contributed by atoms with Crippen molar-refractivity contribution in [3.63, 3.8) is 0 Å². The molecule has 0 radical (unpaired) electrons. The molecule has 0 aliphatic carbocycles. The number of hydrogen-bond donors (Lipinski definition) is 3. The monoisotopic (exact) mass is 285 g/mol. The van der Waals surface area contributed by atoms with E-state index in [9.17, 15) is 9.90 Å². The first-order valence-corrected chi connectivity index (χ1v) is 6.77. The van der Waals surface area contributed by atoms with Crippen LogP contribution in [0.15, 0.2) is 42.7 Å². The smallest absolute Gasteiger partial charge is 0.237 e. The lowest BCUT2D eigenvalue weighted by Gasteiger charge is -2.13. The molecule has 5 nitrogen and oxygen atoms in total. The number of aryl methyl sites for hydroxylation is 1. The van der Waals surface area contributed by atoms with Crippen LogP contribution >= 0.6 is 0 Å². The molecule has 5 heteroatoms. The quantitative estimate of drug-likeness (QED) is 0.772. The van der Waals surface area contributed by atoms with Crippen LogP contribution in [0, 0.1) is 6.92 Å². The van der Waals surface area contributed by atoms with E-state index < -0.39 is 6.04 Å². The van der Waals surface area contributed by atoms with Crippen molar-refractivity contribution in [3.05, 3.63) is 59.4 Å². The zero-order chi connectivity index (χ0) is 15.2. The second-order valence-corrected chi connectivity index (χ2v) is 5.00. The lowest BCUT2D eigenvalue weighted by molar-refractivity contribution is -0.122. The Balaban J connectivity index is 1.88. The highest BCUT2D eigenvalue weighted by Crippen LogP contribution is 2.11. The molecule has 0 aliphatic rings. The highest BCUT2D eigenvalue weighted by Gasteiger charge is 2.14. The van der Waals surface area contributed by atoms with Crippen LogP contribution in [0.25, 0.3) is 0 Å². The van der Waals surface area contributed by atoms with Gasteiger partial charge in [-0.05, 0) is 48.2 Å². The number of phenolic OH excluding ortho intramolecular Hbond substituents is 1. The number of carbonyl (C=O) groups excluding carboxylic acids is 1. The Bertz CT molecular complexity index is 611. The van der Waals surface area contributed by atoms with Gasteiger partial charge in [0.1, 0.15) is 5.75 Å². The van der Waals surface area contributed by atoms with E-state index in [0.29, 0.717) is 13.0 Å². The highest BCUT2D eigenvalue weighted by molar-refractivity contribution is 5.81. The molecular formula is C16H19N3O2. The fourth-order valence-corrected chi connectivity index (χ4v) is 1.99. The first kappa shape index (κ1) is 15.0. The van der Waals surface area contributed by atoms with Crippen LogP contribution < -0.4 is 11.1 Å². The van der Waals surface area contributed by atoms with Crippen LogP contribution in [0.3, 0.4) is 0 Å². The maximum absolute atomic E-state index is 12.0. The zero-order valence-electron chi connectivity index (χ0n) is 11.9. The minimum absolute atomic E-state index is 0.195. The fraction of sp³-hybridized carbons (Fsp3) is 0.250. The van der Waals surface area contributed by atoms with Gasteiger partial charge in [-0.25, -0.2) is 0 Å². The molecule has 1 atom stereocenters. The first-order valence-electron chi connectivity index (χ1n) is 6.77. The predicted molar refractivity (Wildman–Crippen MR) is 80.6 cm³/mol. The SMILES string of the molecule is Cc1cnccc1CNC(=O)[C@H](N)Cc1ccc(O)cc1. The van der Waals surface area contributed by atoms with Crippen LogP contribution in [-0.4, -0.2) is 22.0 Å². The van der Waals surface area contributed by atoms with Crippen molar-refractivity contribution >= 4 is 5.91 Å². The number of benzene rings is 1. The van der Waals surface area contributed by atoms with Gasteiger partial charge >= 0.3 is 0 Å². The summed E-state index contributed by atoms with van der Waals surface area (Å²) in [5.41, 5.74) is 8.87. The number of nitrogens with two attached hydrogens (primary N) is 1. The molecule has 4 N–H and O–H groups in total. The summed E-state index contributed by atoms with van der Waals surface area (Å²) < 4.78 is 0. The molecule has 0 bridgehead atoms. The third kappa shape index (κ3) is 4.29. The van der Waals surface area contributed by atoms with E-state index in [0.717, 1.165) is 16.7 Å². The van der Waals surface area contributed by atoms with Crippen molar-refractivity contribution in [1.29, 1.82) is 0 Å². The molecule has 0 aliphatic heterocycles. The van der Waals surface area contributed by atoms with Gasteiger partial charge in [-0.2, -0.15) is 0 Å². The van der Waals surface area contributed by atoms with Crippen molar-refractivity contribution in [3.8, 4) is 5.75 Å². The number of phenols is 1. The highest BCUT2D eigenvalue weighted by atomic mass is 16.3. The Kier molecular flexibility index (Phi) is 4.90. The number of pyridine rings is 1. The summed E-state index contributed by atoms with van der Waals surface area (Å²) in [4.78, 5) is 16.0. The van der Waals surface area contributed by atoms with Gasteiger partial charge < -0.3 is 16.2 Å². The number of amides is 1. The molecule has 110 valence electrons. The molecule has 0 saturated carbocycles. The Morgan fingerprint density at radius 1 is 1.33 bits per heavy atom. The Labute approximate surface area is 123 Å². The molecule has 21 heavy (non-hydrogen) atoms. The zero-order valence-corrected chi connectivity index (χ0v) is 11.9. The molecule has 1 heterocycles. The second kappa shape index (κ2) is 6.85. The lowest BCUT2D eigenvalue weighted by atomic mass is 10.1.